The molecule has 0 saturated carbocycles. The van der Waals surface area contributed by atoms with Crippen LogP contribution >= 0.6 is 0 Å². The monoisotopic (exact) mass is 379 g/mol. The molecule has 144 valence electrons. The van der Waals surface area contributed by atoms with Crippen molar-refractivity contribution < 1.29 is 0 Å². The summed E-state index contributed by atoms with van der Waals surface area (Å²) in [6, 6.07) is 27.0. The standard InChI is InChI=1S/C26H25N3/c1-2-5-20(6-3-1)21-11-9-19(10-12-21)17-28-13-14-29-23(18-28)15-22-16-27-24-7-4-8-25(29)26(22)24/h1-12,16,23,27H,13-15,17-18H2. The van der Waals surface area contributed by atoms with Crippen molar-refractivity contribution in [2.75, 3.05) is 24.5 Å². The lowest BCUT2D eigenvalue weighted by molar-refractivity contribution is 0.213. The van der Waals surface area contributed by atoms with E-state index < -0.39 is 0 Å². The molecule has 0 aliphatic carbocycles. The number of nitrogens with one attached hydrogen (secondary N) is 1. The lowest BCUT2D eigenvalue weighted by Gasteiger charge is -2.45. The Labute approximate surface area is 171 Å². The van der Waals surface area contributed by atoms with Crippen LogP contribution in [0.15, 0.2) is 79.0 Å². The van der Waals surface area contributed by atoms with Gasteiger partial charge in [-0.2, -0.15) is 0 Å². The Balaban J connectivity index is 1.18. The number of hydrogen-bond acceptors (Lipinski definition) is 2. The molecule has 3 heterocycles. The molecule has 3 nitrogen and oxygen atoms in total. The Bertz CT molecular complexity index is 1140. The molecule has 4 aromatic rings. The third-order valence-corrected chi connectivity index (χ3v) is 6.56. The van der Waals surface area contributed by atoms with E-state index in [9.17, 15) is 0 Å². The van der Waals surface area contributed by atoms with Gasteiger partial charge >= 0.3 is 0 Å². The van der Waals surface area contributed by atoms with E-state index >= 15 is 0 Å². The van der Waals surface area contributed by atoms with Gasteiger partial charge in [0.15, 0.2) is 0 Å². The Hall–Kier alpha value is -3.04. The number of anilines is 1. The van der Waals surface area contributed by atoms with Crippen molar-refractivity contribution in [3.63, 3.8) is 0 Å². The van der Waals surface area contributed by atoms with Crippen LogP contribution in [0.1, 0.15) is 11.1 Å². The topological polar surface area (TPSA) is 22.3 Å². The molecule has 1 saturated heterocycles. The van der Waals surface area contributed by atoms with E-state index in [2.05, 4.69) is 93.8 Å². The average molecular weight is 380 g/mol. The Morgan fingerprint density at radius 1 is 0.828 bits per heavy atom. The average Bonchev–Trinajstić information content (AvgIpc) is 3.19. The van der Waals surface area contributed by atoms with Gasteiger partial charge in [-0.1, -0.05) is 60.7 Å². The van der Waals surface area contributed by atoms with E-state index in [4.69, 9.17) is 0 Å². The number of piperazine rings is 1. The van der Waals surface area contributed by atoms with Gasteiger partial charge in [-0.05, 0) is 40.8 Å². The number of rotatable bonds is 3. The summed E-state index contributed by atoms with van der Waals surface area (Å²) in [4.78, 5) is 8.72. The number of aromatic amines is 1. The zero-order chi connectivity index (χ0) is 19.2. The summed E-state index contributed by atoms with van der Waals surface area (Å²) in [5, 5.41) is 1.44. The van der Waals surface area contributed by atoms with Gasteiger partial charge in [0.25, 0.3) is 0 Å². The fourth-order valence-electron chi connectivity index (χ4n) is 5.14. The van der Waals surface area contributed by atoms with Gasteiger partial charge in [0.05, 0.1) is 0 Å². The van der Waals surface area contributed by atoms with Crippen LogP contribution < -0.4 is 4.90 Å². The third kappa shape index (κ3) is 2.93. The molecule has 0 bridgehead atoms. The first-order valence-corrected chi connectivity index (χ1v) is 10.6. The minimum absolute atomic E-state index is 0.571. The van der Waals surface area contributed by atoms with Crippen LogP contribution in [-0.4, -0.2) is 35.6 Å². The van der Waals surface area contributed by atoms with E-state index in [1.807, 2.05) is 0 Å². The smallest absolute Gasteiger partial charge is 0.0477 e. The summed E-state index contributed by atoms with van der Waals surface area (Å²) in [5.74, 6) is 0. The minimum atomic E-state index is 0.571. The summed E-state index contributed by atoms with van der Waals surface area (Å²) in [6.07, 6.45) is 3.35. The van der Waals surface area contributed by atoms with Gasteiger partial charge in [0.2, 0.25) is 0 Å². The quantitative estimate of drug-likeness (QED) is 0.536. The summed E-state index contributed by atoms with van der Waals surface area (Å²) >= 11 is 0. The fraction of sp³-hybridized carbons (Fsp3) is 0.231. The van der Waals surface area contributed by atoms with Crippen LogP contribution in [0.25, 0.3) is 22.0 Å². The highest BCUT2D eigenvalue weighted by Crippen LogP contribution is 2.37. The van der Waals surface area contributed by atoms with Crippen LogP contribution in [0, 0.1) is 0 Å². The number of H-pyrrole nitrogens is 1. The zero-order valence-electron chi connectivity index (χ0n) is 16.5. The van der Waals surface area contributed by atoms with Crippen LogP contribution in [0.3, 0.4) is 0 Å². The minimum Gasteiger partial charge on any atom is -0.365 e. The van der Waals surface area contributed by atoms with E-state index in [-0.39, 0.29) is 0 Å². The molecule has 29 heavy (non-hydrogen) atoms. The highest BCUT2D eigenvalue weighted by molar-refractivity contribution is 5.97. The van der Waals surface area contributed by atoms with Crippen molar-refractivity contribution in [2.24, 2.45) is 0 Å². The molecule has 1 atom stereocenters. The van der Waals surface area contributed by atoms with Crippen LogP contribution in [0.5, 0.6) is 0 Å². The second-order valence-corrected chi connectivity index (χ2v) is 8.36. The highest BCUT2D eigenvalue weighted by atomic mass is 15.3. The van der Waals surface area contributed by atoms with Crippen LogP contribution in [-0.2, 0) is 13.0 Å². The molecular formula is C26H25N3. The van der Waals surface area contributed by atoms with Crippen molar-refractivity contribution in [3.05, 3.63) is 90.1 Å². The van der Waals surface area contributed by atoms with E-state index in [1.54, 1.807) is 0 Å². The number of fused-ring (bicyclic) bond motifs is 2. The van der Waals surface area contributed by atoms with Gasteiger partial charge in [-0.25, -0.2) is 0 Å². The number of hydrogen-bond donors (Lipinski definition) is 1. The molecule has 0 spiro atoms. The third-order valence-electron chi connectivity index (χ3n) is 6.56. The molecule has 3 heteroatoms. The maximum atomic E-state index is 3.46. The predicted octanol–water partition coefficient (Wildman–Crippen LogP) is 5.08. The van der Waals surface area contributed by atoms with Gasteiger partial charge in [-0.3, -0.25) is 4.90 Å². The Kier molecular flexibility index (Phi) is 3.95. The SMILES string of the molecule is c1ccc(-c2ccc(CN3CCN4c5cccc6[nH]cc(c56)CC4C3)cc2)cc1. The molecule has 0 radical (unpaired) electrons. The zero-order valence-corrected chi connectivity index (χ0v) is 16.5. The van der Waals surface area contributed by atoms with Gasteiger partial charge in [0.1, 0.15) is 0 Å². The molecule has 1 N–H and O–H groups in total. The number of aromatic nitrogens is 1. The Morgan fingerprint density at radius 3 is 2.52 bits per heavy atom. The summed E-state index contributed by atoms with van der Waals surface area (Å²) in [6.45, 7) is 4.38. The first kappa shape index (κ1) is 16.9. The first-order chi connectivity index (χ1) is 14.3. The van der Waals surface area contributed by atoms with Crippen LogP contribution in [0.4, 0.5) is 5.69 Å². The van der Waals surface area contributed by atoms with E-state index in [0.717, 1.165) is 32.6 Å². The van der Waals surface area contributed by atoms with E-state index in [0.29, 0.717) is 6.04 Å². The van der Waals surface area contributed by atoms with Crippen molar-refractivity contribution in [3.8, 4) is 11.1 Å². The molecule has 0 amide bonds. The Morgan fingerprint density at radius 2 is 1.66 bits per heavy atom. The summed E-state index contributed by atoms with van der Waals surface area (Å²) in [7, 11) is 0. The molecule has 1 aromatic heterocycles. The maximum absolute atomic E-state index is 3.46. The fourth-order valence-corrected chi connectivity index (χ4v) is 5.14. The number of benzene rings is 3. The lowest BCUT2D eigenvalue weighted by Crippen LogP contribution is -2.54. The predicted molar refractivity (Wildman–Crippen MR) is 120 cm³/mol. The number of nitrogens with zero attached hydrogens (tertiary/aromatic N) is 2. The van der Waals surface area contributed by atoms with Crippen molar-refractivity contribution >= 4 is 16.6 Å². The maximum Gasteiger partial charge on any atom is 0.0477 e. The lowest BCUT2D eigenvalue weighted by atomic mass is 9.94. The molecule has 3 aromatic carbocycles. The van der Waals surface area contributed by atoms with Gasteiger partial charge < -0.3 is 9.88 Å². The summed E-state index contributed by atoms with van der Waals surface area (Å²) < 4.78 is 0. The van der Waals surface area contributed by atoms with Crippen LogP contribution in [0.2, 0.25) is 0 Å². The van der Waals surface area contributed by atoms with Gasteiger partial charge in [0, 0.05) is 55.0 Å². The largest absolute Gasteiger partial charge is 0.365 e. The first-order valence-electron chi connectivity index (χ1n) is 10.6. The van der Waals surface area contributed by atoms with Crippen molar-refractivity contribution in [2.45, 2.75) is 19.0 Å². The van der Waals surface area contributed by atoms with Gasteiger partial charge in [-0.15, -0.1) is 0 Å². The molecular weight excluding hydrogens is 354 g/mol. The molecule has 1 unspecified atom stereocenters. The summed E-state index contributed by atoms with van der Waals surface area (Å²) in [5.41, 5.74) is 8.15. The van der Waals surface area contributed by atoms with E-state index in [1.165, 1.54) is 38.8 Å². The second kappa shape index (κ2) is 6.78. The molecule has 2 aliphatic heterocycles. The normalized spacial score (nSPS) is 18.8. The second-order valence-electron chi connectivity index (χ2n) is 8.36. The highest BCUT2D eigenvalue weighted by Gasteiger charge is 2.32. The molecule has 1 fully saturated rings. The van der Waals surface area contributed by atoms with Crippen molar-refractivity contribution in [1.29, 1.82) is 0 Å². The molecule has 2 aliphatic rings. The van der Waals surface area contributed by atoms with Crippen molar-refractivity contribution in [1.82, 2.24) is 9.88 Å². The molecule has 6 rings (SSSR count).